The molecular formula is C20H18Cl2N2O2S. The molecule has 0 aliphatic heterocycles. The van der Waals surface area contributed by atoms with Gasteiger partial charge in [0.2, 0.25) is 5.91 Å². The Morgan fingerprint density at radius 2 is 1.85 bits per heavy atom. The van der Waals surface area contributed by atoms with Crippen LogP contribution in [0.1, 0.15) is 10.4 Å². The lowest BCUT2D eigenvalue weighted by molar-refractivity contribution is -0.115. The number of rotatable bonds is 7. The fourth-order valence-electron chi connectivity index (χ4n) is 2.49. The van der Waals surface area contributed by atoms with E-state index in [1.54, 1.807) is 19.2 Å². The van der Waals surface area contributed by atoms with Gasteiger partial charge in [-0.1, -0.05) is 35.3 Å². The van der Waals surface area contributed by atoms with Crippen LogP contribution >= 0.6 is 34.5 Å². The highest BCUT2D eigenvalue weighted by Gasteiger charge is 2.08. The third kappa shape index (κ3) is 5.63. The summed E-state index contributed by atoms with van der Waals surface area (Å²) in [6.07, 6.45) is 0.263. The summed E-state index contributed by atoms with van der Waals surface area (Å²) < 4.78 is 5.88. The maximum Gasteiger partial charge on any atom is 0.228 e. The van der Waals surface area contributed by atoms with Crippen molar-refractivity contribution in [3.8, 4) is 5.75 Å². The lowest BCUT2D eigenvalue weighted by Gasteiger charge is -2.11. The lowest BCUT2D eigenvalue weighted by atomic mass is 10.1. The molecule has 2 aromatic carbocycles. The molecule has 27 heavy (non-hydrogen) atoms. The van der Waals surface area contributed by atoms with E-state index in [1.807, 2.05) is 42.5 Å². The zero-order valence-corrected chi connectivity index (χ0v) is 16.9. The van der Waals surface area contributed by atoms with Gasteiger partial charge in [-0.15, -0.1) is 11.3 Å². The van der Waals surface area contributed by atoms with Crippen LogP contribution in [0.25, 0.3) is 0 Å². The summed E-state index contributed by atoms with van der Waals surface area (Å²) in [5.74, 6) is 0.631. The molecule has 3 aromatic rings. The van der Waals surface area contributed by atoms with Crippen LogP contribution in [-0.2, 0) is 17.8 Å². The molecule has 140 valence electrons. The molecule has 0 spiro atoms. The second kappa shape index (κ2) is 9.13. The zero-order chi connectivity index (χ0) is 19.2. The molecule has 3 rings (SSSR count). The first-order chi connectivity index (χ1) is 13.0. The molecule has 0 bridgehead atoms. The Hall–Kier alpha value is -2.21. The van der Waals surface area contributed by atoms with Gasteiger partial charge in [-0.05, 0) is 48.0 Å². The third-order valence-electron chi connectivity index (χ3n) is 3.86. The van der Waals surface area contributed by atoms with Crippen LogP contribution < -0.4 is 15.4 Å². The first-order valence-electron chi connectivity index (χ1n) is 8.24. The van der Waals surface area contributed by atoms with Crippen LogP contribution in [0.15, 0.2) is 54.6 Å². The number of anilines is 2. The van der Waals surface area contributed by atoms with E-state index in [9.17, 15) is 4.79 Å². The van der Waals surface area contributed by atoms with E-state index >= 15 is 0 Å². The Balaban J connectivity index is 1.57. The molecule has 0 unspecified atom stereocenters. The standard InChI is InChI=1S/C20H18Cl2N2O2S/c1-26-15-5-2-13(3-6-15)10-20(25)24-18-8-4-14(11-17(18)21)23-12-16-7-9-19(22)27-16/h2-9,11,23H,10,12H2,1H3,(H,24,25). The number of nitrogens with one attached hydrogen (secondary N) is 2. The summed E-state index contributed by atoms with van der Waals surface area (Å²) in [6, 6.07) is 16.7. The number of carbonyl (C=O) groups excluding carboxylic acids is 1. The third-order valence-corrected chi connectivity index (χ3v) is 5.41. The maximum absolute atomic E-state index is 12.3. The monoisotopic (exact) mass is 420 g/mol. The minimum atomic E-state index is -0.129. The van der Waals surface area contributed by atoms with E-state index < -0.39 is 0 Å². The number of hydrogen-bond donors (Lipinski definition) is 2. The van der Waals surface area contributed by atoms with Crippen molar-refractivity contribution in [2.24, 2.45) is 0 Å². The predicted octanol–water partition coefficient (Wildman–Crippen LogP) is 5.86. The minimum Gasteiger partial charge on any atom is -0.497 e. The predicted molar refractivity (Wildman–Crippen MR) is 113 cm³/mol. The van der Waals surface area contributed by atoms with Crippen molar-refractivity contribution in [1.82, 2.24) is 0 Å². The number of carbonyl (C=O) groups is 1. The first kappa shape index (κ1) is 19.5. The Morgan fingerprint density at radius 3 is 2.48 bits per heavy atom. The SMILES string of the molecule is COc1ccc(CC(=O)Nc2ccc(NCc3ccc(Cl)s3)cc2Cl)cc1. The number of methoxy groups -OCH3 is 1. The molecule has 1 heterocycles. The number of amides is 1. The van der Waals surface area contributed by atoms with Gasteiger partial charge in [0.05, 0.1) is 28.6 Å². The smallest absolute Gasteiger partial charge is 0.228 e. The normalized spacial score (nSPS) is 10.5. The van der Waals surface area contributed by atoms with E-state index in [2.05, 4.69) is 10.6 Å². The molecule has 0 fully saturated rings. The van der Waals surface area contributed by atoms with Gasteiger partial charge in [-0.25, -0.2) is 0 Å². The van der Waals surface area contributed by atoms with E-state index in [0.717, 1.165) is 26.2 Å². The summed E-state index contributed by atoms with van der Waals surface area (Å²) in [7, 11) is 1.61. The molecule has 0 radical (unpaired) electrons. The van der Waals surface area contributed by atoms with Crippen molar-refractivity contribution in [2.75, 3.05) is 17.7 Å². The Kier molecular flexibility index (Phi) is 6.61. The number of thiophene rings is 1. The highest BCUT2D eigenvalue weighted by Crippen LogP contribution is 2.27. The van der Waals surface area contributed by atoms with Gasteiger partial charge in [0, 0.05) is 17.1 Å². The van der Waals surface area contributed by atoms with Gasteiger partial charge in [0.1, 0.15) is 5.75 Å². The molecule has 0 aliphatic rings. The molecule has 4 nitrogen and oxygen atoms in total. The van der Waals surface area contributed by atoms with Gasteiger partial charge in [0.25, 0.3) is 0 Å². The molecule has 0 aliphatic carbocycles. The van der Waals surface area contributed by atoms with Crippen LogP contribution in [0, 0.1) is 0 Å². The molecule has 0 atom stereocenters. The Bertz CT molecular complexity index is 926. The van der Waals surface area contributed by atoms with Crippen molar-refractivity contribution < 1.29 is 9.53 Å². The summed E-state index contributed by atoms with van der Waals surface area (Å²) in [5.41, 5.74) is 2.36. The molecule has 0 saturated carbocycles. The second-order valence-electron chi connectivity index (χ2n) is 5.83. The van der Waals surface area contributed by atoms with Gasteiger partial charge < -0.3 is 15.4 Å². The molecule has 1 amide bonds. The van der Waals surface area contributed by atoms with Gasteiger partial charge in [0.15, 0.2) is 0 Å². The van der Waals surface area contributed by atoms with Crippen LogP contribution in [0.2, 0.25) is 9.36 Å². The largest absolute Gasteiger partial charge is 0.497 e. The van der Waals surface area contributed by atoms with Gasteiger partial charge >= 0.3 is 0 Å². The zero-order valence-electron chi connectivity index (χ0n) is 14.6. The first-order valence-corrected chi connectivity index (χ1v) is 9.81. The highest BCUT2D eigenvalue weighted by atomic mass is 35.5. The minimum absolute atomic E-state index is 0.129. The van der Waals surface area contributed by atoms with Crippen molar-refractivity contribution in [2.45, 2.75) is 13.0 Å². The average Bonchev–Trinajstić information content (AvgIpc) is 3.08. The number of ether oxygens (including phenoxy) is 1. The van der Waals surface area contributed by atoms with Crippen LogP contribution in [0.4, 0.5) is 11.4 Å². The molecule has 2 N–H and O–H groups in total. The summed E-state index contributed by atoms with van der Waals surface area (Å²) in [4.78, 5) is 13.4. The van der Waals surface area contributed by atoms with Crippen LogP contribution in [0.5, 0.6) is 5.75 Å². The Morgan fingerprint density at radius 1 is 1.07 bits per heavy atom. The van der Waals surface area contributed by atoms with E-state index in [-0.39, 0.29) is 12.3 Å². The summed E-state index contributed by atoms with van der Waals surface area (Å²) >= 11 is 13.8. The van der Waals surface area contributed by atoms with Crippen LogP contribution in [0.3, 0.4) is 0 Å². The van der Waals surface area contributed by atoms with E-state index in [4.69, 9.17) is 27.9 Å². The van der Waals surface area contributed by atoms with E-state index in [0.29, 0.717) is 17.3 Å². The lowest BCUT2D eigenvalue weighted by Crippen LogP contribution is -2.14. The highest BCUT2D eigenvalue weighted by molar-refractivity contribution is 7.16. The van der Waals surface area contributed by atoms with Crippen molar-refractivity contribution in [3.63, 3.8) is 0 Å². The summed E-state index contributed by atoms with van der Waals surface area (Å²) in [5, 5.41) is 6.61. The fraction of sp³-hybridized carbons (Fsp3) is 0.150. The number of hydrogen-bond acceptors (Lipinski definition) is 4. The Labute approximate surface area is 172 Å². The number of benzene rings is 2. The summed E-state index contributed by atoms with van der Waals surface area (Å²) in [6.45, 7) is 0.664. The molecular weight excluding hydrogens is 403 g/mol. The molecule has 0 saturated heterocycles. The fourth-order valence-corrected chi connectivity index (χ4v) is 3.74. The van der Waals surface area contributed by atoms with Gasteiger partial charge in [-0.3, -0.25) is 4.79 Å². The van der Waals surface area contributed by atoms with Crippen molar-refractivity contribution in [1.29, 1.82) is 0 Å². The maximum atomic E-state index is 12.3. The second-order valence-corrected chi connectivity index (χ2v) is 8.03. The average molecular weight is 421 g/mol. The van der Waals surface area contributed by atoms with E-state index in [1.165, 1.54) is 11.3 Å². The molecule has 1 aromatic heterocycles. The van der Waals surface area contributed by atoms with Crippen molar-refractivity contribution >= 4 is 51.8 Å². The van der Waals surface area contributed by atoms with Crippen molar-refractivity contribution in [3.05, 3.63) is 74.4 Å². The quantitative estimate of drug-likeness (QED) is 0.503. The number of halogens is 2. The van der Waals surface area contributed by atoms with Crippen LogP contribution in [-0.4, -0.2) is 13.0 Å². The molecule has 7 heteroatoms. The van der Waals surface area contributed by atoms with Gasteiger partial charge in [-0.2, -0.15) is 0 Å². The topological polar surface area (TPSA) is 50.4 Å².